The first-order valence-corrected chi connectivity index (χ1v) is 13.3. The average Bonchev–Trinajstić information content (AvgIpc) is 3.33. The molecule has 0 radical (unpaired) electrons. The summed E-state index contributed by atoms with van der Waals surface area (Å²) in [4.78, 5) is 30.2. The van der Waals surface area contributed by atoms with E-state index in [-0.39, 0.29) is 11.8 Å². The van der Waals surface area contributed by atoms with Crippen molar-refractivity contribution in [3.8, 4) is 0 Å². The second kappa shape index (κ2) is 11.3. The van der Waals surface area contributed by atoms with E-state index in [1.165, 1.54) is 5.56 Å². The summed E-state index contributed by atoms with van der Waals surface area (Å²) in [5, 5.41) is 4.18. The lowest BCUT2D eigenvalue weighted by Gasteiger charge is -2.35. The molecule has 0 spiro atoms. The van der Waals surface area contributed by atoms with Gasteiger partial charge in [-0.2, -0.15) is 0 Å². The van der Waals surface area contributed by atoms with E-state index in [1.807, 2.05) is 12.1 Å². The second-order valence-electron chi connectivity index (χ2n) is 9.36. The Morgan fingerprint density at radius 3 is 2.68 bits per heavy atom. The van der Waals surface area contributed by atoms with Gasteiger partial charge in [-0.25, -0.2) is 9.97 Å². The van der Waals surface area contributed by atoms with Gasteiger partial charge in [0.1, 0.15) is 10.3 Å². The summed E-state index contributed by atoms with van der Waals surface area (Å²) in [5.74, 6) is 0.229. The molecular weight excluding hydrogens is 444 g/mol. The van der Waals surface area contributed by atoms with Crippen molar-refractivity contribution in [1.82, 2.24) is 25.1 Å². The van der Waals surface area contributed by atoms with Crippen LogP contribution >= 0.6 is 11.3 Å². The van der Waals surface area contributed by atoms with Crippen LogP contribution in [0.25, 0.3) is 10.3 Å². The number of anilines is 1. The number of benzene rings is 1. The van der Waals surface area contributed by atoms with Gasteiger partial charge < -0.3 is 15.1 Å². The zero-order chi connectivity index (χ0) is 23.2. The van der Waals surface area contributed by atoms with E-state index in [0.29, 0.717) is 0 Å². The van der Waals surface area contributed by atoms with E-state index < -0.39 is 0 Å². The number of piperazine rings is 1. The number of nitrogens with one attached hydrogen (secondary N) is 1. The lowest BCUT2D eigenvalue weighted by atomic mass is 9.97. The maximum absolute atomic E-state index is 12.8. The number of hydrogen-bond donors (Lipinski definition) is 1. The van der Waals surface area contributed by atoms with Crippen LogP contribution in [0.1, 0.15) is 24.8 Å². The molecule has 0 saturated carbocycles. The molecular formula is C26H34N6OS. The summed E-state index contributed by atoms with van der Waals surface area (Å²) in [7, 11) is 0. The van der Waals surface area contributed by atoms with E-state index in [1.54, 1.807) is 17.5 Å². The molecule has 34 heavy (non-hydrogen) atoms. The second-order valence-corrected chi connectivity index (χ2v) is 10.3. The smallest absolute Gasteiger partial charge is 0.224 e. The number of rotatable bonds is 8. The van der Waals surface area contributed by atoms with Crippen LogP contribution in [0.2, 0.25) is 0 Å². The number of aromatic nitrogens is 2. The van der Waals surface area contributed by atoms with Crippen molar-refractivity contribution in [3.05, 3.63) is 54.2 Å². The Hall–Kier alpha value is -2.55. The monoisotopic (exact) mass is 478 g/mol. The molecule has 2 aliphatic rings. The molecule has 180 valence electrons. The minimum atomic E-state index is 0.0373. The molecule has 8 heteroatoms. The molecule has 0 unspecified atom stereocenters. The number of nitrogens with zero attached hydrogens (tertiary/aromatic N) is 5. The highest BCUT2D eigenvalue weighted by Gasteiger charge is 2.27. The van der Waals surface area contributed by atoms with Crippen LogP contribution in [0.4, 0.5) is 5.13 Å². The topological polar surface area (TPSA) is 64.6 Å². The third-order valence-corrected chi connectivity index (χ3v) is 7.92. The van der Waals surface area contributed by atoms with E-state index in [2.05, 4.69) is 55.3 Å². The molecule has 5 rings (SSSR count). The van der Waals surface area contributed by atoms with Gasteiger partial charge >= 0.3 is 0 Å². The molecule has 2 aliphatic heterocycles. The van der Waals surface area contributed by atoms with Crippen molar-refractivity contribution in [2.45, 2.75) is 25.8 Å². The molecule has 0 bridgehead atoms. The van der Waals surface area contributed by atoms with Crippen LogP contribution in [0.5, 0.6) is 0 Å². The molecule has 2 saturated heterocycles. The molecule has 3 aromatic rings. The quantitative estimate of drug-likeness (QED) is 0.502. The van der Waals surface area contributed by atoms with Crippen molar-refractivity contribution < 1.29 is 4.79 Å². The average molecular weight is 479 g/mol. The number of carbonyl (C=O) groups excluding carboxylic acids is 1. The Balaban J connectivity index is 1.01. The van der Waals surface area contributed by atoms with Gasteiger partial charge in [-0.05, 0) is 43.5 Å². The maximum Gasteiger partial charge on any atom is 0.224 e. The van der Waals surface area contributed by atoms with Gasteiger partial charge in [0.2, 0.25) is 5.91 Å². The molecule has 7 nitrogen and oxygen atoms in total. The van der Waals surface area contributed by atoms with Crippen LogP contribution < -0.4 is 10.2 Å². The van der Waals surface area contributed by atoms with Crippen LogP contribution in [0.3, 0.4) is 0 Å². The first kappa shape index (κ1) is 23.2. The summed E-state index contributed by atoms with van der Waals surface area (Å²) in [6, 6.07) is 14.6. The van der Waals surface area contributed by atoms with Gasteiger partial charge in [0.05, 0.1) is 5.92 Å². The van der Waals surface area contributed by atoms with E-state index in [4.69, 9.17) is 4.98 Å². The van der Waals surface area contributed by atoms with Gasteiger partial charge in [-0.15, -0.1) is 0 Å². The SMILES string of the molecule is O=C(NCCCN1CCN(Cc2ccccc2)CC1)[C@@H]1CCCN(c2nc3cccnc3s2)C1. The standard InChI is InChI=1S/C26H34N6OS/c33-24(22-9-5-14-32(20-22)26-29-23-10-4-11-28-25(23)34-26)27-12-6-13-30-15-17-31(18-16-30)19-21-7-2-1-3-8-21/h1-4,7-8,10-11,22H,5-6,9,12-20H2,(H,27,33)/t22-/m1/s1. The zero-order valence-electron chi connectivity index (χ0n) is 19.7. The predicted octanol–water partition coefficient (Wildman–Crippen LogP) is 3.23. The number of pyridine rings is 1. The lowest BCUT2D eigenvalue weighted by Crippen LogP contribution is -2.47. The molecule has 1 N–H and O–H groups in total. The highest BCUT2D eigenvalue weighted by molar-refractivity contribution is 7.21. The lowest BCUT2D eigenvalue weighted by molar-refractivity contribution is -0.125. The summed E-state index contributed by atoms with van der Waals surface area (Å²) < 4.78 is 0. The minimum Gasteiger partial charge on any atom is -0.356 e. The third kappa shape index (κ3) is 5.92. The Labute approximate surface area is 205 Å². The van der Waals surface area contributed by atoms with E-state index >= 15 is 0 Å². The van der Waals surface area contributed by atoms with E-state index in [9.17, 15) is 4.79 Å². The Morgan fingerprint density at radius 1 is 1.03 bits per heavy atom. The molecule has 4 heterocycles. The zero-order valence-corrected chi connectivity index (χ0v) is 20.6. The number of thiazole rings is 1. The van der Waals surface area contributed by atoms with E-state index in [0.717, 1.165) is 93.6 Å². The number of carbonyl (C=O) groups is 1. The van der Waals surface area contributed by atoms with Gasteiger partial charge in [0, 0.05) is 58.6 Å². The van der Waals surface area contributed by atoms with Gasteiger partial charge in [-0.1, -0.05) is 41.7 Å². The number of amides is 1. The molecule has 2 fully saturated rings. The van der Waals surface area contributed by atoms with Crippen molar-refractivity contribution >= 4 is 32.7 Å². The molecule has 2 aromatic heterocycles. The minimum absolute atomic E-state index is 0.0373. The van der Waals surface area contributed by atoms with Gasteiger partial charge in [0.25, 0.3) is 0 Å². The van der Waals surface area contributed by atoms with Crippen molar-refractivity contribution in [2.24, 2.45) is 5.92 Å². The highest BCUT2D eigenvalue weighted by Crippen LogP contribution is 2.30. The van der Waals surface area contributed by atoms with Crippen LogP contribution in [-0.2, 0) is 11.3 Å². The first-order chi connectivity index (χ1) is 16.7. The Bertz CT molecular complexity index is 1030. The maximum atomic E-state index is 12.8. The highest BCUT2D eigenvalue weighted by atomic mass is 32.1. The number of fused-ring (bicyclic) bond motifs is 1. The number of hydrogen-bond acceptors (Lipinski definition) is 7. The molecule has 1 amide bonds. The fourth-order valence-electron chi connectivity index (χ4n) is 4.93. The molecule has 0 aliphatic carbocycles. The van der Waals surface area contributed by atoms with Gasteiger partial charge in [0.15, 0.2) is 5.13 Å². The summed E-state index contributed by atoms with van der Waals surface area (Å²) >= 11 is 1.62. The fraction of sp³-hybridized carbons (Fsp3) is 0.500. The Morgan fingerprint density at radius 2 is 1.85 bits per heavy atom. The molecule has 1 aromatic carbocycles. The summed E-state index contributed by atoms with van der Waals surface area (Å²) in [6.07, 6.45) is 4.79. The normalized spacial score (nSPS) is 20.0. The summed E-state index contributed by atoms with van der Waals surface area (Å²) in [6.45, 7) is 8.98. The predicted molar refractivity (Wildman–Crippen MR) is 138 cm³/mol. The van der Waals surface area contributed by atoms with Gasteiger partial charge in [-0.3, -0.25) is 9.69 Å². The Kier molecular flexibility index (Phi) is 7.68. The van der Waals surface area contributed by atoms with Crippen LogP contribution in [0, 0.1) is 5.92 Å². The van der Waals surface area contributed by atoms with Crippen LogP contribution in [-0.4, -0.2) is 78.0 Å². The van der Waals surface area contributed by atoms with Crippen LogP contribution in [0.15, 0.2) is 48.7 Å². The number of piperidine rings is 1. The van der Waals surface area contributed by atoms with Crippen molar-refractivity contribution in [3.63, 3.8) is 0 Å². The fourth-order valence-corrected chi connectivity index (χ4v) is 5.87. The van der Waals surface area contributed by atoms with Crippen molar-refractivity contribution in [1.29, 1.82) is 0 Å². The summed E-state index contributed by atoms with van der Waals surface area (Å²) in [5.41, 5.74) is 2.33. The molecule has 1 atom stereocenters. The van der Waals surface area contributed by atoms with Crippen molar-refractivity contribution in [2.75, 3.05) is 57.3 Å². The first-order valence-electron chi connectivity index (χ1n) is 12.5. The third-order valence-electron chi connectivity index (χ3n) is 6.88. The largest absolute Gasteiger partial charge is 0.356 e.